The molecule has 4 nitrogen and oxygen atoms in total. The van der Waals surface area contributed by atoms with E-state index in [4.69, 9.17) is 11.6 Å². The van der Waals surface area contributed by atoms with Gasteiger partial charge in [0.05, 0.1) is 10.6 Å². The van der Waals surface area contributed by atoms with Crippen LogP contribution in [0.3, 0.4) is 0 Å². The third-order valence-electron chi connectivity index (χ3n) is 3.91. The molecule has 2 N–H and O–H groups in total. The first-order valence-corrected chi connectivity index (χ1v) is 8.37. The number of Topliss-reactive ketones (excluding diaryl/α,β-unsaturated/α-hetero) is 1. The second-order valence-electron chi connectivity index (χ2n) is 5.69. The minimum absolute atomic E-state index is 0.329. The second kappa shape index (κ2) is 7.95. The van der Waals surface area contributed by atoms with Gasteiger partial charge in [-0.2, -0.15) is 0 Å². The Morgan fingerprint density at radius 2 is 1.46 bits per heavy atom. The Morgan fingerprint density at radius 3 is 2.12 bits per heavy atom. The minimum Gasteiger partial charge on any atom is -0.380 e. The number of hydrogen-bond acceptors (Lipinski definition) is 3. The number of hydrogen-bond donors (Lipinski definition) is 2. The third-order valence-corrected chi connectivity index (χ3v) is 4.24. The van der Waals surface area contributed by atoms with Crippen LogP contribution in [0.2, 0.25) is 5.02 Å². The number of amides is 1. The molecule has 5 heteroatoms. The lowest BCUT2D eigenvalue weighted by Gasteiger charge is -2.12. The SMILES string of the molecule is O=C(Nc1ccc(C(O)C(=O)c2ccccc2)cc1)c1ccccc1Cl. The van der Waals surface area contributed by atoms with Gasteiger partial charge in [-0.25, -0.2) is 0 Å². The molecule has 3 rings (SSSR count). The first kappa shape index (κ1) is 17.9. The predicted octanol–water partition coefficient (Wildman–Crippen LogP) is 4.51. The lowest BCUT2D eigenvalue weighted by molar-refractivity contribution is 0.0747. The maximum Gasteiger partial charge on any atom is 0.257 e. The van der Waals surface area contributed by atoms with Crippen LogP contribution in [0.4, 0.5) is 5.69 Å². The van der Waals surface area contributed by atoms with Crippen LogP contribution in [0.15, 0.2) is 78.9 Å². The van der Waals surface area contributed by atoms with Gasteiger partial charge in [-0.05, 0) is 29.8 Å². The second-order valence-corrected chi connectivity index (χ2v) is 6.10. The summed E-state index contributed by atoms with van der Waals surface area (Å²) < 4.78 is 0. The molecule has 1 amide bonds. The van der Waals surface area contributed by atoms with E-state index >= 15 is 0 Å². The van der Waals surface area contributed by atoms with Gasteiger partial charge in [0.25, 0.3) is 5.91 Å². The number of ketones is 1. The molecule has 1 atom stereocenters. The summed E-state index contributed by atoms with van der Waals surface area (Å²) in [5.74, 6) is -0.706. The fourth-order valence-electron chi connectivity index (χ4n) is 2.50. The Labute approximate surface area is 156 Å². The highest BCUT2D eigenvalue weighted by molar-refractivity contribution is 6.34. The number of nitrogens with one attached hydrogen (secondary N) is 1. The van der Waals surface area contributed by atoms with Crippen molar-refractivity contribution in [2.24, 2.45) is 0 Å². The summed E-state index contributed by atoms with van der Waals surface area (Å²) in [7, 11) is 0. The van der Waals surface area contributed by atoms with E-state index in [0.717, 1.165) is 0 Å². The van der Waals surface area contributed by atoms with E-state index in [2.05, 4.69) is 5.32 Å². The van der Waals surface area contributed by atoms with Crippen LogP contribution in [0.25, 0.3) is 0 Å². The molecule has 0 aliphatic carbocycles. The van der Waals surface area contributed by atoms with Gasteiger partial charge in [-0.3, -0.25) is 9.59 Å². The monoisotopic (exact) mass is 365 g/mol. The van der Waals surface area contributed by atoms with E-state index < -0.39 is 6.10 Å². The summed E-state index contributed by atoms with van der Waals surface area (Å²) in [6, 6.07) is 21.8. The van der Waals surface area contributed by atoms with Crippen molar-refractivity contribution in [1.82, 2.24) is 0 Å². The molecule has 26 heavy (non-hydrogen) atoms. The van der Waals surface area contributed by atoms with Crippen molar-refractivity contribution in [3.63, 3.8) is 0 Å². The number of anilines is 1. The summed E-state index contributed by atoms with van der Waals surface area (Å²) in [4.78, 5) is 24.5. The molecular weight excluding hydrogens is 350 g/mol. The van der Waals surface area contributed by atoms with Crippen LogP contribution in [0, 0.1) is 0 Å². The maximum absolute atomic E-state index is 12.3. The van der Waals surface area contributed by atoms with E-state index in [0.29, 0.717) is 27.4 Å². The van der Waals surface area contributed by atoms with Crippen molar-refractivity contribution in [1.29, 1.82) is 0 Å². The summed E-state index contributed by atoms with van der Waals surface area (Å²) in [5, 5.41) is 13.4. The average molecular weight is 366 g/mol. The molecule has 0 saturated heterocycles. The molecule has 3 aromatic carbocycles. The van der Waals surface area contributed by atoms with Crippen LogP contribution in [0.5, 0.6) is 0 Å². The molecule has 0 radical (unpaired) electrons. The zero-order valence-electron chi connectivity index (χ0n) is 13.7. The molecule has 1 unspecified atom stereocenters. The van der Waals surface area contributed by atoms with Gasteiger partial charge in [0.2, 0.25) is 0 Å². The Balaban J connectivity index is 1.71. The Hall–Kier alpha value is -2.95. The Bertz CT molecular complexity index is 924. The molecule has 0 fully saturated rings. The first-order chi connectivity index (χ1) is 12.6. The van der Waals surface area contributed by atoms with Gasteiger partial charge in [-0.15, -0.1) is 0 Å². The largest absolute Gasteiger partial charge is 0.380 e. The molecular formula is C21H16ClNO3. The van der Waals surface area contributed by atoms with Gasteiger partial charge in [-0.1, -0.05) is 66.2 Å². The van der Waals surface area contributed by atoms with Crippen molar-refractivity contribution in [3.05, 3.63) is 101 Å². The molecule has 0 aliphatic rings. The van der Waals surface area contributed by atoms with Gasteiger partial charge >= 0.3 is 0 Å². The molecule has 0 heterocycles. The normalized spacial score (nSPS) is 11.6. The standard InChI is InChI=1S/C21H16ClNO3/c22-18-9-5-4-8-17(18)21(26)23-16-12-10-15(11-13-16)20(25)19(24)14-6-2-1-3-7-14/h1-13,20,25H,(H,23,26). The number of halogens is 1. The molecule has 0 bridgehead atoms. The summed E-state index contributed by atoms with van der Waals surface area (Å²) >= 11 is 6.01. The van der Waals surface area contributed by atoms with E-state index in [1.165, 1.54) is 0 Å². The summed E-state index contributed by atoms with van der Waals surface area (Å²) in [5.41, 5.74) is 1.81. The lowest BCUT2D eigenvalue weighted by Crippen LogP contribution is -2.14. The van der Waals surface area contributed by atoms with Crippen molar-refractivity contribution >= 4 is 29.0 Å². The molecule has 0 aliphatic heterocycles. The smallest absolute Gasteiger partial charge is 0.257 e. The van der Waals surface area contributed by atoms with Crippen LogP contribution in [-0.4, -0.2) is 16.8 Å². The molecule has 0 saturated carbocycles. The number of rotatable bonds is 5. The van der Waals surface area contributed by atoms with Crippen LogP contribution in [-0.2, 0) is 0 Å². The highest BCUT2D eigenvalue weighted by Gasteiger charge is 2.19. The molecule has 3 aromatic rings. The number of carbonyl (C=O) groups excluding carboxylic acids is 2. The van der Waals surface area contributed by atoms with Crippen molar-refractivity contribution in [2.45, 2.75) is 6.10 Å². The van der Waals surface area contributed by atoms with Gasteiger partial charge in [0.15, 0.2) is 5.78 Å². The fourth-order valence-corrected chi connectivity index (χ4v) is 2.73. The van der Waals surface area contributed by atoms with Crippen molar-refractivity contribution < 1.29 is 14.7 Å². The average Bonchev–Trinajstić information content (AvgIpc) is 2.68. The van der Waals surface area contributed by atoms with E-state index in [1.54, 1.807) is 78.9 Å². The summed E-state index contributed by atoms with van der Waals surface area (Å²) in [6.45, 7) is 0. The number of aliphatic hydroxyl groups is 1. The van der Waals surface area contributed by atoms with Gasteiger partial charge < -0.3 is 10.4 Å². The Kier molecular flexibility index (Phi) is 5.46. The van der Waals surface area contributed by atoms with Crippen LogP contribution < -0.4 is 5.32 Å². The van der Waals surface area contributed by atoms with Crippen LogP contribution >= 0.6 is 11.6 Å². The molecule has 0 spiro atoms. The molecule has 130 valence electrons. The quantitative estimate of drug-likeness (QED) is 0.654. The lowest BCUT2D eigenvalue weighted by atomic mass is 10.00. The highest BCUT2D eigenvalue weighted by atomic mass is 35.5. The van der Waals surface area contributed by atoms with Crippen LogP contribution in [0.1, 0.15) is 32.4 Å². The van der Waals surface area contributed by atoms with E-state index in [9.17, 15) is 14.7 Å². The first-order valence-electron chi connectivity index (χ1n) is 7.99. The number of aliphatic hydroxyl groups excluding tert-OH is 1. The van der Waals surface area contributed by atoms with Crippen molar-refractivity contribution in [2.75, 3.05) is 5.32 Å². The zero-order valence-corrected chi connectivity index (χ0v) is 14.5. The van der Waals surface area contributed by atoms with E-state index in [1.807, 2.05) is 0 Å². The fraction of sp³-hybridized carbons (Fsp3) is 0.0476. The summed E-state index contributed by atoms with van der Waals surface area (Å²) in [6.07, 6.45) is -1.26. The molecule has 0 aromatic heterocycles. The number of carbonyl (C=O) groups is 2. The van der Waals surface area contributed by atoms with E-state index in [-0.39, 0.29) is 11.7 Å². The predicted molar refractivity (Wildman–Crippen MR) is 102 cm³/mol. The number of benzene rings is 3. The minimum atomic E-state index is -1.26. The third kappa shape index (κ3) is 3.99. The van der Waals surface area contributed by atoms with Gasteiger partial charge in [0, 0.05) is 11.3 Å². The Morgan fingerprint density at radius 1 is 0.846 bits per heavy atom. The highest BCUT2D eigenvalue weighted by Crippen LogP contribution is 2.22. The topological polar surface area (TPSA) is 66.4 Å². The zero-order chi connectivity index (χ0) is 18.5. The maximum atomic E-state index is 12.3. The van der Waals surface area contributed by atoms with Gasteiger partial charge in [0.1, 0.15) is 6.10 Å². The van der Waals surface area contributed by atoms with Crippen molar-refractivity contribution in [3.8, 4) is 0 Å².